The van der Waals surface area contributed by atoms with Crippen LogP contribution in [-0.4, -0.2) is 86.6 Å². The zero-order chi connectivity index (χ0) is 28.4. The predicted molar refractivity (Wildman–Crippen MR) is 134 cm³/mol. The number of nitrogens with two attached hydrogens (primary N) is 1. The highest BCUT2D eigenvalue weighted by Crippen LogP contribution is 2.54. The second-order valence-corrected chi connectivity index (χ2v) is 10.0. The number of phenolic OH excluding ortho intramolecular Hbond substituents is 1. The van der Waals surface area contributed by atoms with Crippen LogP contribution < -0.4 is 10.6 Å². The van der Waals surface area contributed by atoms with Crippen LogP contribution in [0.4, 0.5) is 11.4 Å². The van der Waals surface area contributed by atoms with Gasteiger partial charge < -0.3 is 31.1 Å². The standard InChI is InChI=1S/C25H30N4O9/c1-5-28(6-2)13-9-14(29(37)38)19(30)16-11(13)7-10-8-12-18(27(3)4)21(32)17(24(26)35)23(34)25(12,36)22(33)15(10)20(16)31/h9-10,12,18,30,32-33,36H,5-8H2,1-4H3,(H2,26,35)/t10?,12?,18-,25-/m0/s1. The highest BCUT2D eigenvalue weighted by molar-refractivity contribution is 6.25. The number of nitro groups is 1. The fraction of sp³-hybridized carbons (Fsp3) is 0.480. The van der Waals surface area contributed by atoms with Gasteiger partial charge >= 0.3 is 5.69 Å². The normalized spacial score (nSPS) is 26.7. The molecular formula is C25H30N4O9. The molecule has 0 aliphatic heterocycles. The Labute approximate surface area is 217 Å². The van der Waals surface area contributed by atoms with Crippen molar-refractivity contribution in [3.8, 4) is 5.75 Å². The lowest BCUT2D eigenvalue weighted by atomic mass is 9.58. The Morgan fingerprint density at radius 3 is 2.32 bits per heavy atom. The van der Waals surface area contributed by atoms with Gasteiger partial charge in [0.25, 0.3) is 5.91 Å². The van der Waals surface area contributed by atoms with E-state index in [0.717, 1.165) is 0 Å². The van der Waals surface area contributed by atoms with E-state index >= 15 is 0 Å². The lowest BCUT2D eigenvalue weighted by Gasteiger charge is -2.50. The van der Waals surface area contributed by atoms with Gasteiger partial charge in [0.15, 0.2) is 11.4 Å². The minimum absolute atomic E-state index is 0.0475. The second-order valence-electron chi connectivity index (χ2n) is 10.0. The Morgan fingerprint density at radius 1 is 1.21 bits per heavy atom. The maximum absolute atomic E-state index is 13.8. The van der Waals surface area contributed by atoms with E-state index in [1.54, 1.807) is 19.0 Å². The zero-order valence-corrected chi connectivity index (χ0v) is 21.4. The highest BCUT2D eigenvalue weighted by Gasteiger charge is 2.63. The average molecular weight is 531 g/mol. The van der Waals surface area contributed by atoms with Crippen molar-refractivity contribution in [1.82, 2.24) is 4.90 Å². The molecule has 13 nitrogen and oxygen atoms in total. The number of aromatic hydroxyl groups is 1. The summed E-state index contributed by atoms with van der Waals surface area (Å²) >= 11 is 0. The first-order chi connectivity index (χ1) is 17.7. The van der Waals surface area contributed by atoms with Crippen LogP contribution in [0.15, 0.2) is 28.7 Å². The lowest BCUT2D eigenvalue weighted by Crippen LogP contribution is -2.63. The summed E-state index contributed by atoms with van der Waals surface area (Å²) in [4.78, 5) is 53.4. The van der Waals surface area contributed by atoms with Crippen LogP contribution in [0.3, 0.4) is 0 Å². The number of anilines is 1. The summed E-state index contributed by atoms with van der Waals surface area (Å²) in [7, 11) is 3.09. The van der Waals surface area contributed by atoms with Gasteiger partial charge in [0.1, 0.15) is 17.1 Å². The average Bonchev–Trinajstić information content (AvgIpc) is 2.82. The van der Waals surface area contributed by atoms with E-state index in [0.29, 0.717) is 24.3 Å². The Morgan fingerprint density at radius 2 is 1.82 bits per heavy atom. The van der Waals surface area contributed by atoms with E-state index in [2.05, 4.69) is 0 Å². The van der Waals surface area contributed by atoms with Crippen LogP contribution in [0.5, 0.6) is 5.75 Å². The molecule has 13 heteroatoms. The number of amides is 1. The lowest BCUT2D eigenvalue weighted by molar-refractivity contribution is -0.385. The number of fused-ring (bicyclic) bond motifs is 3. The van der Waals surface area contributed by atoms with Crippen molar-refractivity contribution in [3.63, 3.8) is 0 Å². The molecule has 0 heterocycles. The summed E-state index contributed by atoms with van der Waals surface area (Å²) < 4.78 is 0. The Balaban J connectivity index is 2.01. The number of rotatable bonds is 6. The summed E-state index contributed by atoms with van der Waals surface area (Å²) in [5, 5.41) is 56.3. The third-order valence-corrected chi connectivity index (χ3v) is 7.98. The summed E-state index contributed by atoms with van der Waals surface area (Å²) in [6.07, 6.45) is -0.0207. The summed E-state index contributed by atoms with van der Waals surface area (Å²) in [6, 6.07) is 0.107. The minimum Gasteiger partial charge on any atom is -0.510 e. The monoisotopic (exact) mass is 530 g/mol. The number of ketones is 2. The molecule has 0 fully saturated rings. The minimum atomic E-state index is -2.78. The Hall–Kier alpha value is -3.97. The largest absolute Gasteiger partial charge is 0.510 e. The molecule has 38 heavy (non-hydrogen) atoms. The van der Waals surface area contributed by atoms with E-state index in [1.807, 2.05) is 13.8 Å². The van der Waals surface area contributed by atoms with E-state index in [1.165, 1.54) is 11.0 Å². The molecule has 204 valence electrons. The number of Topliss-reactive ketones (excluding diaryl/α,β-unsaturated/α-hetero) is 2. The molecule has 1 amide bonds. The highest BCUT2D eigenvalue weighted by atomic mass is 16.6. The van der Waals surface area contributed by atoms with E-state index < -0.39 is 74.4 Å². The van der Waals surface area contributed by atoms with Crippen LogP contribution in [-0.2, 0) is 16.0 Å². The number of aliphatic hydroxyl groups is 3. The first-order valence-corrected chi connectivity index (χ1v) is 12.2. The molecule has 0 saturated carbocycles. The molecule has 0 saturated heterocycles. The quantitative estimate of drug-likeness (QED) is 0.198. The molecule has 1 aromatic carbocycles. The van der Waals surface area contributed by atoms with Gasteiger partial charge in [-0.2, -0.15) is 0 Å². The number of phenols is 1. The summed E-state index contributed by atoms with van der Waals surface area (Å²) in [5.41, 5.74) is 0.912. The van der Waals surface area contributed by atoms with Crippen molar-refractivity contribution in [1.29, 1.82) is 0 Å². The van der Waals surface area contributed by atoms with Gasteiger partial charge in [-0.05, 0) is 52.3 Å². The van der Waals surface area contributed by atoms with Crippen LogP contribution >= 0.6 is 0 Å². The van der Waals surface area contributed by atoms with Gasteiger partial charge in [-0.25, -0.2) is 0 Å². The van der Waals surface area contributed by atoms with Crippen LogP contribution in [0, 0.1) is 22.0 Å². The fourth-order valence-corrected chi connectivity index (χ4v) is 6.27. The molecule has 2 unspecified atom stereocenters. The van der Waals surface area contributed by atoms with Crippen molar-refractivity contribution < 1.29 is 39.7 Å². The molecule has 0 bridgehead atoms. The van der Waals surface area contributed by atoms with Gasteiger partial charge in [0, 0.05) is 36.3 Å². The number of hydrogen-bond donors (Lipinski definition) is 5. The number of benzene rings is 1. The SMILES string of the molecule is CCN(CC)c1cc([N+](=O)[O-])c(O)c2c1CC1CC3[C@H](N(C)C)C(O)=C(C(N)=O)C(=O)[C@@]3(O)C(O)=C1C2=O. The van der Waals surface area contributed by atoms with Crippen molar-refractivity contribution in [2.24, 2.45) is 17.6 Å². The third kappa shape index (κ3) is 3.49. The zero-order valence-electron chi connectivity index (χ0n) is 21.4. The molecule has 4 rings (SSSR count). The maximum atomic E-state index is 13.8. The molecular weight excluding hydrogens is 500 g/mol. The number of carbonyl (C=O) groups is 3. The molecule has 0 aromatic heterocycles. The number of carbonyl (C=O) groups excluding carboxylic acids is 3. The Bertz CT molecular complexity index is 1340. The third-order valence-electron chi connectivity index (χ3n) is 7.98. The molecule has 6 N–H and O–H groups in total. The van der Waals surface area contributed by atoms with Gasteiger partial charge in [-0.1, -0.05) is 0 Å². The number of aliphatic hydroxyl groups excluding tert-OH is 2. The van der Waals surface area contributed by atoms with Crippen molar-refractivity contribution >= 4 is 28.8 Å². The number of nitro benzene ring substituents is 1. The molecule has 0 radical (unpaired) electrons. The first-order valence-electron chi connectivity index (χ1n) is 12.2. The number of likely N-dealkylation sites (N-methyl/N-ethyl adjacent to an activating group) is 1. The Kier molecular flexibility index (Phi) is 6.48. The summed E-state index contributed by atoms with van der Waals surface area (Å²) in [6.45, 7) is 4.56. The van der Waals surface area contributed by atoms with Gasteiger partial charge in [-0.15, -0.1) is 0 Å². The van der Waals surface area contributed by atoms with Crippen molar-refractivity contribution in [2.45, 2.75) is 38.3 Å². The van der Waals surface area contributed by atoms with E-state index in [9.17, 15) is 44.9 Å². The topological polar surface area (TPSA) is 208 Å². The smallest absolute Gasteiger partial charge is 0.313 e. The van der Waals surface area contributed by atoms with Crippen molar-refractivity contribution in [3.05, 3.63) is 50.0 Å². The van der Waals surface area contributed by atoms with Gasteiger partial charge in [0.05, 0.1) is 16.5 Å². The predicted octanol–water partition coefficient (Wildman–Crippen LogP) is 0.875. The summed E-state index contributed by atoms with van der Waals surface area (Å²) in [5.74, 6) is -8.11. The molecule has 0 spiro atoms. The first kappa shape index (κ1) is 27.1. The molecule has 3 aliphatic rings. The second kappa shape index (κ2) is 9.10. The molecule has 3 aliphatic carbocycles. The molecule has 1 aromatic rings. The molecule has 4 atom stereocenters. The van der Waals surface area contributed by atoms with Gasteiger partial charge in [-0.3, -0.25) is 29.4 Å². The number of primary amides is 1. The number of hydrogen-bond acceptors (Lipinski definition) is 11. The van der Waals surface area contributed by atoms with E-state index in [4.69, 9.17) is 5.73 Å². The van der Waals surface area contributed by atoms with Gasteiger partial charge in [0.2, 0.25) is 11.5 Å². The number of nitrogens with zero attached hydrogens (tertiary/aromatic N) is 3. The van der Waals surface area contributed by atoms with Crippen LogP contribution in [0.25, 0.3) is 0 Å². The maximum Gasteiger partial charge on any atom is 0.313 e. The van der Waals surface area contributed by atoms with Crippen LogP contribution in [0.1, 0.15) is 36.2 Å². The van der Waals surface area contributed by atoms with E-state index in [-0.39, 0.29) is 24.0 Å². The van der Waals surface area contributed by atoms with Crippen LogP contribution in [0.2, 0.25) is 0 Å². The fourth-order valence-electron chi connectivity index (χ4n) is 6.27. The van der Waals surface area contributed by atoms with Crippen molar-refractivity contribution in [2.75, 3.05) is 32.1 Å². The number of allylic oxidation sites excluding steroid dienone is 1.